The second-order valence-corrected chi connectivity index (χ2v) is 9.61. The quantitative estimate of drug-likeness (QED) is 0.456. The van der Waals surface area contributed by atoms with E-state index in [1.54, 1.807) is 24.3 Å². The Bertz CT molecular complexity index is 952. The lowest BCUT2D eigenvalue weighted by Crippen LogP contribution is -2.21. The van der Waals surface area contributed by atoms with Gasteiger partial charge in [-0.3, -0.25) is 8.37 Å². The van der Waals surface area contributed by atoms with Crippen LogP contribution in [-0.4, -0.2) is 30.0 Å². The highest BCUT2D eigenvalue weighted by Crippen LogP contribution is 2.18. The minimum absolute atomic E-state index is 0.0192. The Labute approximate surface area is 166 Å². The van der Waals surface area contributed by atoms with Crippen LogP contribution >= 0.6 is 0 Å². The zero-order valence-electron chi connectivity index (χ0n) is 15.7. The minimum Gasteiger partial charge on any atom is -0.266 e. The molecule has 28 heavy (non-hydrogen) atoms. The van der Waals surface area contributed by atoms with Crippen molar-refractivity contribution >= 4 is 20.2 Å². The summed E-state index contributed by atoms with van der Waals surface area (Å²) >= 11 is 0. The van der Waals surface area contributed by atoms with Crippen molar-refractivity contribution in [3.8, 4) is 12.3 Å². The second-order valence-electron chi connectivity index (χ2n) is 6.38. The molecule has 2 aromatic carbocycles. The van der Waals surface area contributed by atoms with Crippen LogP contribution in [0.2, 0.25) is 0 Å². The molecule has 0 aliphatic heterocycles. The molecule has 0 heterocycles. The first-order chi connectivity index (χ1) is 13.1. The summed E-state index contributed by atoms with van der Waals surface area (Å²) in [7, 11) is -7.95. The van der Waals surface area contributed by atoms with Crippen molar-refractivity contribution in [2.75, 3.05) is 13.2 Å². The molecule has 0 aliphatic carbocycles. The summed E-state index contributed by atoms with van der Waals surface area (Å²) < 4.78 is 59.2. The maximum absolute atomic E-state index is 12.3. The van der Waals surface area contributed by atoms with Crippen molar-refractivity contribution in [1.82, 2.24) is 0 Å². The van der Waals surface area contributed by atoms with Crippen LogP contribution in [0.15, 0.2) is 58.3 Å². The molecule has 2 rings (SSSR count). The Morgan fingerprint density at radius 3 is 1.46 bits per heavy atom. The van der Waals surface area contributed by atoms with Gasteiger partial charge in [-0.25, -0.2) is 0 Å². The molecular weight excluding hydrogens is 400 g/mol. The number of hydrogen-bond donors (Lipinski definition) is 0. The maximum Gasteiger partial charge on any atom is 0.296 e. The van der Waals surface area contributed by atoms with Crippen molar-refractivity contribution < 1.29 is 25.2 Å². The first kappa shape index (κ1) is 22.1. The average molecular weight is 423 g/mol. The molecule has 0 saturated carbocycles. The van der Waals surface area contributed by atoms with Gasteiger partial charge < -0.3 is 0 Å². The van der Waals surface area contributed by atoms with E-state index < -0.39 is 26.2 Å². The highest BCUT2D eigenvalue weighted by atomic mass is 32.2. The van der Waals surface area contributed by atoms with E-state index in [0.717, 1.165) is 11.1 Å². The molecule has 0 atom stereocenters. The molecule has 0 aliphatic rings. The number of rotatable bonds is 9. The molecule has 0 radical (unpaired) electrons. The fourth-order valence-corrected chi connectivity index (χ4v) is 4.20. The highest BCUT2D eigenvalue weighted by molar-refractivity contribution is 7.87. The van der Waals surface area contributed by atoms with Gasteiger partial charge in [0.05, 0.1) is 23.0 Å². The lowest BCUT2D eigenvalue weighted by molar-refractivity contribution is 0.187. The number of hydrogen-bond acceptors (Lipinski definition) is 6. The summed E-state index contributed by atoms with van der Waals surface area (Å²) in [6.07, 6.45) is 5.41. The zero-order valence-corrected chi connectivity index (χ0v) is 17.3. The van der Waals surface area contributed by atoms with Crippen LogP contribution in [0.3, 0.4) is 0 Å². The summed E-state index contributed by atoms with van der Waals surface area (Å²) in [4.78, 5) is 0.0384. The van der Waals surface area contributed by atoms with Crippen molar-refractivity contribution in [2.24, 2.45) is 5.92 Å². The van der Waals surface area contributed by atoms with Crippen molar-refractivity contribution in [3.05, 3.63) is 59.7 Å². The van der Waals surface area contributed by atoms with Crippen LogP contribution in [0.5, 0.6) is 0 Å². The van der Waals surface area contributed by atoms with Crippen LogP contribution in [0.4, 0.5) is 0 Å². The third-order valence-electron chi connectivity index (χ3n) is 3.94. The molecule has 8 heteroatoms. The maximum atomic E-state index is 12.3. The molecular formula is C20H22O6S2. The van der Waals surface area contributed by atoms with Crippen LogP contribution < -0.4 is 0 Å². The van der Waals surface area contributed by atoms with Gasteiger partial charge in [-0.2, -0.15) is 16.8 Å². The van der Waals surface area contributed by atoms with E-state index in [2.05, 4.69) is 5.92 Å². The van der Waals surface area contributed by atoms with Gasteiger partial charge in [0, 0.05) is 12.3 Å². The molecule has 150 valence electrons. The molecule has 0 unspecified atom stereocenters. The first-order valence-corrected chi connectivity index (χ1v) is 11.3. The number of aryl methyl sites for hydroxylation is 2. The molecule has 0 spiro atoms. The highest BCUT2D eigenvalue weighted by Gasteiger charge is 2.22. The van der Waals surface area contributed by atoms with Gasteiger partial charge in [0.1, 0.15) is 0 Å². The Hall–Kier alpha value is -2.18. The molecule has 0 aromatic heterocycles. The van der Waals surface area contributed by atoms with Gasteiger partial charge >= 0.3 is 0 Å². The Kier molecular flexibility index (Phi) is 7.38. The van der Waals surface area contributed by atoms with Crippen LogP contribution in [0.1, 0.15) is 17.5 Å². The third-order valence-corrected chi connectivity index (χ3v) is 6.54. The molecule has 0 fully saturated rings. The average Bonchev–Trinajstić information content (AvgIpc) is 2.65. The van der Waals surface area contributed by atoms with Gasteiger partial charge in [-0.05, 0) is 38.1 Å². The zero-order chi connectivity index (χ0) is 20.8. The van der Waals surface area contributed by atoms with Crippen LogP contribution in [0.25, 0.3) is 0 Å². The Balaban J connectivity index is 2.02. The van der Waals surface area contributed by atoms with E-state index in [0.29, 0.717) is 0 Å². The lowest BCUT2D eigenvalue weighted by Gasteiger charge is -2.15. The second kappa shape index (κ2) is 9.34. The lowest BCUT2D eigenvalue weighted by atomic mass is 10.1. The van der Waals surface area contributed by atoms with E-state index >= 15 is 0 Å². The SMILES string of the molecule is C#CCC(COS(=O)(=O)c1ccc(C)cc1)COS(=O)(=O)c1ccc(C)cc1. The summed E-state index contributed by atoms with van der Waals surface area (Å²) in [5.74, 6) is 1.78. The van der Waals surface area contributed by atoms with E-state index in [1.165, 1.54) is 24.3 Å². The van der Waals surface area contributed by atoms with Gasteiger partial charge in [0.2, 0.25) is 0 Å². The van der Waals surface area contributed by atoms with Gasteiger partial charge in [-0.1, -0.05) is 35.4 Å². The van der Waals surface area contributed by atoms with E-state index in [1.807, 2.05) is 13.8 Å². The van der Waals surface area contributed by atoms with E-state index in [-0.39, 0.29) is 29.4 Å². The normalized spacial score (nSPS) is 12.1. The summed E-state index contributed by atoms with van der Waals surface area (Å²) in [6.45, 7) is 3.10. The molecule has 0 amide bonds. The van der Waals surface area contributed by atoms with Crippen molar-refractivity contribution in [2.45, 2.75) is 30.1 Å². The largest absolute Gasteiger partial charge is 0.296 e. The molecule has 0 saturated heterocycles. The fourth-order valence-electron chi connectivity index (χ4n) is 2.25. The predicted molar refractivity (Wildman–Crippen MR) is 106 cm³/mol. The Morgan fingerprint density at radius 2 is 1.14 bits per heavy atom. The summed E-state index contributed by atoms with van der Waals surface area (Å²) in [5.41, 5.74) is 1.83. The van der Waals surface area contributed by atoms with Gasteiger partial charge in [0.25, 0.3) is 20.2 Å². The third kappa shape index (κ3) is 6.17. The standard InChI is InChI=1S/C20H22O6S2/c1-4-5-18(14-25-27(21,22)19-10-6-16(2)7-11-19)15-26-28(23,24)20-12-8-17(3)9-13-20/h1,6-13,18H,5,14-15H2,2-3H3. The van der Waals surface area contributed by atoms with Crippen molar-refractivity contribution in [1.29, 1.82) is 0 Å². The molecule has 0 N–H and O–H groups in total. The minimum atomic E-state index is -3.97. The van der Waals surface area contributed by atoms with E-state index in [4.69, 9.17) is 14.8 Å². The van der Waals surface area contributed by atoms with Crippen molar-refractivity contribution in [3.63, 3.8) is 0 Å². The Morgan fingerprint density at radius 1 is 0.786 bits per heavy atom. The predicted octanol–water partition coefficient (Wildman–Crippen LogP) is 3.05. The van der Waals surface area contributed by atoms with E-state index in [9.17, 15) is 16.8 Å². The topological polar surface area (TPSA) is 86.7 Å². The molecule has 6 nitrogen and oxygen atoms in total. The monoisotopic (exact) mass is 422 g/mol. The number of terminal acetylenes is 1. The first-order valence-electron chi connectivity index (χ1n) is 8.50. The molecule has 0 bridgehead atoms. The van der Waals surface area contributed by atoms with Crippen LogP contribution in [-0.2, 0) is 28.6 Å². The van der Waals surface area contributed by atoms with Crippen LogP contribution in [0, 0.1) is 32.1 Å². The van der Waals surface area contributed by atoms with Gasteiger partial charge in [0.15, 0.2) is 0 Å². The smallest absolute Gasteiger partial charge is 0.266 e. The van der Waals surface area contributed by atoms with Gasteiger partial charge in [-0.15, -0.1) is 12.3 Å². The summed E-state index contributed by atoms with van der Waals surface area (Å²) in [5, 5.41) is 0. The molecule has 2 aromatic rings. The summed E-state index contributed by atoms with van der Waals surface area (Å²) in [6, 6.07) is 12.4. The fraction of sp³-hybridized carbons (Fsp3) is 0.300. The number of benzene rings is 2.